The summed E-state index contributed by atoms with van der Waals surface area (Å²) in [6.45, 7) is 0.0432. The van der Waals surface area contributed by atoms with Gasteiger partial charge in [-0.15, -0.1) is 5.10 Å². The minimum absolute atomic E-state index is 0.0432. The summed E-state index contributed by atoms with van der Waals surface area (Å²) in [6, 6.07) is 8.85. The predicted octanol–water partition coefficient (Wildman–Crippen LogP) is 1.37. The number of aryl methyl sites for hydroxylation is 1. The molecule has 3 rings (SSSR count). The lowest BCUT2D eigenvalue weighted by Crippen LogP contribution is -2.24. The number of pyridine rings is 1. The number of halogens is 1. The number of phenols is 1. The van der Waals surface area contributed by atoms with Crippen molar-refractivity contribution in [2.45, 2.75) is 13.0 Å². The third kappa shape index (κ3) is 2.91. The number of aromatic nitrogens is 3. The Hall–Kier alpha value is -3.16. The lowest BCUT2D eigenvalue weighted by atomic mass is 10.2. The van der Waals surface area contributed by atoms with Crippen LogP contribution in [0.4, 0.5) is 10.1 Å². The SMILES string of the molecule is O=C(CCn1nc2ccccn2c1=O)Nc1c(O)cccc1F. The maximum absolute atomic E-state index is 13.5. The fraction of sp³-hybridized carbons (Fsp3) is 0.133. The van der Waals surface area contributed by atoms with E-state index in [-0.39, 0.29) is 30.1 Å². The number of carbonyl (C=O) groups is 1. The lowest BCUT2D eigenvalue weighted by Gasteiger charge is -2.07. The molecule has 0 spiro atoms. The number of carbonyl (C=O) groups excluding carboxylic acids is 1. The average molecular weight is 316 g/mol. The predicted molar refractivity (Wildman–Crippen MR) is 80.8 cm³/mol. The van der Waals surface area contributed by atoms with Gasteiger partial charge in [0.2, 0.25) is 5.91 Å². The fourth-order valence-electron chi connectivity index (χ4n) is 2.16. The highest BCUT2D eigenvalue weighted by atomic mass is 19.1. The van der Waals surface area contributed by atoms with Gasteiger partial charge in [-0.3, -0.25) is 9.20 Å². The van der Waals surface area contributed by atoms with E-state index in [1.807, 2.05) is 0 Å². The Kier molecular flexibility index (Phi) is 3.80. The first-order chi connectivity index (χ1) is 11.1. The van der Waals surface area contributed by atoms with E-state index >= 15 is 0 Å². The molecule has 0 fully saturated rings. The smallest absolute Gasteiger partial charge is 0.350 e. The van der Waals surface area contributed by atoms with E-state index in [1.165, 1.54) is 16.5 Å². The number of rotatable bonds is 4. The Bertz CT molecular complexity index is 912. The molecule has 118 valence electrons. The minimum atomic E-state index is -0.733. The molecule has 0 unspecified atom stereocenters. The number of anilines is 1. The molecule has 0 radical (unpaired) electrons. The van der Waals surface area contributed by atoms with Gasteiger partial charge in [0.15, 0.2) is 11.5 Å². The number of nitrogens with one attached hydrogen (secondary N) is 1. The molecule has 0 aliphatic rings. The van der Waals surface area contributed by atoms with Crippen LogP contribution in [-0.4, -0.2) is 25.2 Å². The number of phenolic OH excluding ortho intramolecular Hbond substituents is 1. The van der Waals surface area contributed by atoms with Crippen LogP contribution in [0.5, 0.6) is 5.75 Å². The summed E-state index contributed by atoms with van der Waals surface area (Å²) < 4.78 is 16.1. The number of hydrogen-bond acceptors (Lipinski definition) is 4. The van der Waals surface area contributed by atoms with Gasteiger partial charge >= 0.3 is 5.69 Å². The quantitative estimate of drug-likeness (QED) is 0.712. The summed E-state index contributed by atoms with van der Waals surface area (Å²) in [4.78, 5) is 23.9. The number of fused-ring (bicyclic) bond motifs is 1. The van der Waals surface area contributed by atoms with Crippen molar-refractivity contribution in [2.24, 2.45) is 0 Å². The third-order valence-electron chi connectivity index (χ3n) is 3.30. The summed E-state index contributed by atoms with van der Waals surface area (Å²) in [6.07, 6.45) is 1.50. The zero-order valence-corrected chi connectivity index (χ0v) is 11.9. The molecule has 23 heavy (non-hydrogen) atoms. The summed E-state index contributed by atoms with van der Waals surface area (Å²) >= 11 is 0. The molecule has 2 N–H and O–H groups in total. The van der Waals surface area contributed by atoms with E-state index in [2.05, 4.69) is 10.4 Å². The third-order valence-corrected chi connectivity index (χ3v) is 3.30. The summed E-state index contributed by atoms with van der Waals surface area (Å²) in [5.74, 6) is -1.62. The van der Waals surface area contributed by atoms with Crippen LogP contribution in [-0.2, 0) is 11.3 Å². The second-order valence-electron chi connectivity index (χ2n) is 4.87. The van der Waals surface area contributed by atoms with Gasteiger partial charge in [-0.25, -0.2) is 13.9 Å². The van der Waals surface area contributed by atoms with Gasteiger partial charge in [0.25, 0.3) is 0 Å². The van der Waals surface area contributed by atoms with Crippen LogP contribution < -0.4 is 11.0 Å². The van der Waals surface area contributed by atoms with Gasteiger partial charge in [0.1, 0.15) is 11.4 Å². The van der Waals surface area contributed by atoms with Crippen molar-refractivity contribution in [2.75, 3.05) is 5.32 Å². The summed E-state index contributed by atoms with van der Waals surface area (Å²) in [5.41, 5.74) is -0.161. The van der Waals surface area contributed by atoms with Crippen molar-refractivity contribution in [1.82, 2.24) is 14.2 Å². The van der Waals surface area contributed by atoms with Crippen LogP contribution in [0, 0.1) is 5.82 Å². The van der Waals surface area contributed by atoms with Gasteiger partial charge < -0.3 is 10.4 Å². The number of hydrogen-bond donors (Lipinski definition) is 2. The van der Waals surface area contributed by atoms with Gasteiger partial charge in [0.05, 0.1) is 6.54 Å². The van der Waals surface area contributed by atoms with E-state index in [0.29, 0.717) is 5.65 Å². The first-order valence-electron chi connectivity index (χ1n) is 6.88. The minimum Gasteiger partial charge on any atom is -0.506 e. The maximum atomic E-state index is 13.5. The van der Waals surface area contributed by atoms with Gasteiger partial charge in [-0.1, -0.05) is 12.1 Å². The van der Waals surface area contributed by atoms with Crippen molar-refractivity contribution < 1.29 is 14.3 Å². The molecule has 2 aromatic heterocycles. The Morgan fingerprint density at radius 3 is 2.83 bits per heavy atom. The summed E-state index contributed by atoms with van der Waals surface area (Å²) in [5, 5.41) is 15.9. The first kappa shape index (κ1) is 14.8. The van der Waals surface area contributed by atoms with Gasteiger partial charge in [-0.05, 0) is 24.3 Å². The zero-order valence-electron chi connectivity index (χ0n) is 11.9. The Labute approximate surface area is 129 Å². The molecule has 1 amide bonds. The topological polar surface area (TPSA) is 88.6 Å². The number of amides is 1. The molecule has 7 nitrogen and oxygen atoms in total. The van der Waals surface area contributed by atoms with Gasteiger partial charge in [0, 0.05) is 12.6 Å². The Balaban J connectivity index is 1.71. The van der Waals surface area contributed by atoms with E-state index in [1.54, 1.807) is 24.4 Å². The lowest BCUT2D eigenvalue weighted by molar-refractivity contribution is -0.116. The molecule has 0 bridgehead atoms. The molecule has 0 saturated carbocycles. The highest BCUT2D eigenvalue weighted by Crippen LogP contribution is 2.25. The molecular weight excluding hydrogens is 303 g/mol. The maximum Gasteiger partial charge on any atom is 0.350 e. The second-order valence-corrected chi connectivity index (χ2v) is 4.87. The number of nitrogens with zero attached hydrogens (tertiary/aromatic N) is 3. The molecule has 0 saturated heterocycles. The van der Waals surface area contributed by atoms with Crippen molar-refractivity contribution >= 4 is 17.2 Å². The first-order valence-corrected chi connectivity index (χ1v) is 6.88. The van der Waals surface area contributed by atoms with E-state index in [4.69, 9.17) is 0 Å². The largest absolute Gasteiger partial charge is 0.506 e. The summed E-state index contributed by atoms with van der Waals surface area (Å²) in [7, 11) is 0. The zero-order chi connectivity index (χ0) is 16.4. The molecule has 0 aliphatic heterocycles. The number of para-hydroxylation sites is 1. The highest BCUT2D eigenvalue weighted by molar-refractivity contribution is 5.92. The Morgan fingerprint density at radius 1 is 1.26 bits per heavy atom. The molecule has 1 aromatic carbocycles. The Morgan fingerprint density at radius 2 is 2.09 bits per heavy atom. The molecular formula is C15H13FN4O3. The molecule has 0 aliphatic carbocycles. The van der Waals surface area contributed by atoms with Crippen LogP contribution in [0.3, 0.4) is 0 Å². The van der Waals surface area contributed by atoms with Crippen molar-refractivity contribution in [3.63, 3.8) is 0 Å². The second kappa shape index (κ2) is 5.91. The van der Waals surface area contributed by atoms with E-state index < -0.39 is 11.7 Å². The average Bonchev–Trinajstić information content (AvgIpc) is 2.86. The normalized spacial score (nSPS) is 10.8. The van der Waals surface area contributed by atoms with Crippen LogP contribution in [0.1, 0.15) is 6.42 Å². The fourth-order valence-corrected chi connectivity index (χ4v) is 2.16. The van der Waals surface area contributed by atoms with Crippen LogP contribution in [0.15, 0.2) is 47.4 Å². The molecule has 8 heteroatoms. The number of aromatic hydroxyl groups is 1. The van der Waals surface area contributed by atoms with Crippen LogP contribution in [0.25, 0.3) is 5.65 Å². The standard InChI is InChI=1S/C15H13FN4O3/c16-10-4-3-5-11(21)14(10)17-13(22)7-9-20-15(23)19-8-2-1-6-12(19)18-20/h1-6,8,21H,7,9H2,(H,17,22). The van der Waals surface area contributed by atoms with E-state index in [9.17, 15) is 19.1 Å². The van der Waals surface area contributed by atoms with Gasteiger partial charge in [-0.2, -0.15) is 0 Å². The number of benzene rings is 1. The highest BCUT2D eigenvalue weighted by Gasteiger charge is 2.13. The van der Waals surface area contributed by atoms with Crippen molar-refractivity contribution in [3.8, 4) is 5.75 Å². The van der Waals surface area contributed by atoms with Crippen LogP contribution >= 0.6 is 0 Å². The molecule has 2 heterocycles. The molecule has 3 aromatic rings. The molecule has 0 atom stereocenters. The van der Waals surface area contributed by atoms with Crippen molar-refractivity contribution in [1.29, 1.82) is 0 Å². The van der Waals surface area contributed by atoms with E-state index in [0.717, 1.165) is 10.7 Å². The van der Waals surface area contributed by atoms with Crippen molar-refractivity contribution in [3.05, 3.63) is 58.9 Å². The van der Waals surface area contributed by atoms with Crippen LogP contribution in [0.2, 0.25) is 0 Å². The monoisotopic (exact) mass is 316 g/mol.